The van der Waals surface area contributed by atoms with E-state index in [2.05, 4.69) is 4.98 Å². The summed E-state index contributed by atoms with van der Waals surface area (Å²) in [6.07, 6.45) is 1.96. The Hall–Kier alpha value is -1.20. The Bertz CT molecular complexity index is 638. The van der Waals surface area contributed by atoms with Gasteiger partial charge in [-0.15, -0.1) is 11.6 Å². The molecule has 1 aromatic heterocycles. The molecular weight excluding hydrogens is 286 g/mol. The highest BCUT2D eigenvalue weighted by molar-refractivity contribution is 6.16. The third kappa shape index (κ3) is 2.19. The molecule has 0 bridgehead atoms. The molecule has 2 heterocycles. The van der Waals surface area contributed by atoms with Gasteiger partial charge in [-0.1, -0.05) is 0 Å². The summed E-state index contributed by atoms with van der Waals surface area (Å²) in [5.74, 6) is -0.595. The van der Waals surface area contributed by atoms with Gasteiger partial charge in [0.2, 0.25) is 0 Å². The van der Waals surface area contributed by atoms with Crippen molar-refractivity contribution in [1.82, 2.24) is 9.55 Å². The molecule has 1 aliphatic rings. The zero-order valence-corrected chi connectivity index (χ0v) is 11.8. The van der Waals surface area contributed by atoms with E-state index >= 15 is 0 Å². The summed E-state index contributed by atoms with van der Waals surface area (Å²) in [6.45, 7) is 2.69. The van der Waals surface area contributed by atoms with Crippen molar-refractivity contribution in [1.29, 1.82) is 0 Å². The SMILES string of the molecule is CC(C1CCCO1)n1c(CCl)nc2c(F)cc(F)cc21. The second-order valence-corrected chi connectivity index (χ2v) is 5.35. The van der Waals surface area contributed by atoms with Crippen molar-refractivity contribution in [3.05, 3.63) is 29.6 Å². The molecule has 1 saturated heterocycles. The molecule has 2 unspecified atom stereocenters. The van der Waals surface area contributed by atoms with Crippen molar-refractivity contribution in [2.45, 2.75) is 37.8 Å². The van der Waals surface area contributed by atoms with Gasteiger partial charge in [0.15, 0.2) is 5.82 Å². The van der Waals surface area contributed by atoms with E-state index in [0.717, 1.165) is 25.5 Å². The molecule has 1 fully saturated rings. The second-order valence-electron chi connectivity index (χ2n) is 5.08. The minimum atomic E-state index is -0.662. The molecule has 2 atom stereocenters. The average molecular weight is 301 g/mol. The van der Waals surface area contributed by atoms with Crippen molar-refractivity contribution in [2.24, 2.45) is 0 Å². The number of nitrogens with zero attached hydrogens (tertiary/aromatic N) is 2. The number of aromatic nitrogens is 2. The van der Waals surface area contributed by atoms with Crippen LogP contribution in [0.3, 0.4) is 0 Å². The standard InChI is InChI=1S/C14H15ClF2N2O/c1-8(12-3-2-4-20-12)19-11-6-9(16)5-10(17)14(11)18-13(19)7-15/h5-6,8,12H,2-4,7H2,1H3. The normalized spacial score (nSPS) is 20.7. The van der Waals surface area contributed by atoms with E-state index in [0.29, 0.717) is 11.3 Å². The van der Waals surface area contributed by atoms with E-state index in [9.17, 15) is 8.78 Å². The molecule has 0 spiro atoms. The second kappa shape index (κ2) is 5.30. The van der Waals surface area contributed by atoms with Crippen LogP contribution in [0, 0.1) is 11.6 Å². The number of alkyl halides is 1. The van der Waals surface area contributed by atoms with Crippen LogP contribution in [0.4, 0.5) is 8.78 Å². The molecular formula is C14H15ClF2N2O. The molecule has 0 radical (unpaired) electrons. The van der Waals surface area contributed by atoms with Crippen LogP contribution >= 0.6 is 11.6 Å². The van der Waals surface area contributed by atoms with Crippen LogP contribution < -0.4 is 0 Å². The number of rotatable bonds is 3. The first kappa shape index (κ1) is 13.8. The van der Waals surface area contributed by atoms with Crippen molar-refractivity contribution < 1.29 is 13.5 Å². The molecule has 3 nitrogen and oxygen atoms in total. The molecule has 0 N–H and O–H groups in total. The lowest BCUT2D eigenvalue weighted by molar-refractivity contribution is 0.0738. The maximum atomic E-state index is 13.8. The van der Waals surface area contributed by atoms with Crippen LogP contribution in [-0.2, 0) is 10.6 Å². The van der Waals surface area contributed by atoms with E-state index in [4.69, 9.17) is 16.3 Å². The highest BCUT2D eigenvalue weighted by atomic mass is 35.5. The fourth-order valence-electron chi connectivity index (χ4n) is 2.87. The van der Waals surface area contributed by atoms with Crippen LogP contribution in [0.5, 0.6) is 0 Å². The van der Waals surface area contributed by atoms with E-state index < -0.39 is 11.6 Å². The van der Waals surface area contributed by atoms with Crippen LogP contribution in [0.2, 0.25) is 0 Å². The number of halogens is 3. The first-order valence-electron chi connectivity index (χ1n) is 6.65. The highest BCUT2D eigenvalue weighted by Gasteiger charge is 2.27. The van der Waals surface area contributed by atoms with Gasteiger partial charge in [-0.2, -0.15) is 0 Å². The molecule has 6 heteroatoms. The van der Waals surface area contributed by atoms with Gasteiger partial charge < -0.3 is 9.30 Å². The van der Waals surface area contributed by atoms with E-state index in [1.54, 1.807) is 4.57 Å². The summed E-state index contributed by atoms with van der Waals surface area (Å²) in [5.41, 5.74) is 0.591. The summed E-state index contributed by atoms with van der Waals surface area (Å²) >= 11 is 5.91. The third-order valence-corrected chi connectivity index (χ3v) is 4.06. The van der Waals surface area contributed by atoms with Crippen molar-refractivity contribution in [3.8, 4) is 0 Å². The van der Waals surface area contributed by atoms with Gasteiger partial charge >= 0.3 is 0 Å². The molecule has 20 heavy (non-hydrogen) atoms. The van der Waals surface area contributed by atoms with Crippen LogP contribution in [0.1, 0.15) is 31.6 Å². The number of benzene rings is 1. The summed E-state index contributed by atoms with van der Waals surface area (Å²) in [7, 11) is 0. The lowest BCUT2D eigenvalue weighted by Crippen LogP contribution is -2.22. The summed E-state index contributed by atoms with van der Waals surface area (Å²) in [4.78, 5) is 4.20. The Balaban J connectivity index is 2.16. The predicted molar refractivity (Wildman–Crippen MR) is 72.9 cm³/mol. The predicted octanol–water partition coefficient (Wildman–Crippen LogP) is 3.79. The first-order chi connectivity index (χ1) is 9.61. The Labute approximate surface area is 120 Å². The summed E-state index contributed by atoms with van der Waals surface area (Å²) in [5, 5.41) is 0. The molecule has 1 aliphatic heterocycles. The lowest BCUT2D eigenvalue weighted by Gasteiger charge is -2.22. The molecule has 108 valence electrons. The Kier molecular flexibility index (Phi) is 3.65. The summed E-state index contributed by atoms with van der Waals surface area (Å²) in [6, 6.07) is 2.08. The lowest BCUT2D eigenvalue weighted by atomic mass is 10.1. The Morgan fingerprint density at radius 3 is 2.95 bits per heavy atom. The van der Waals surface area contributed by atoms with E-state index in [1.165, 1.54) is 6.07 Å². The van der Waals surface area contributed by atoms with Gasteiger partial charge in [0.1, 0.15) is 17.2 Å². The minimum Gasteiger partial charge on any atom is -0.376 e. The van der Waals surface area contributed by atoms with Gasteiger partial charge in [-0.25, -0.2) is 13.8 Å². The monoisotopic (exact) mass is 300 g/mol. The van der Waals surface area contributed by atoms with Gasteiger partial charge in [-0.05, 0) is 25.8 Å². The molecule has 0 amide bonds. The fraction of sp³-hybridized carbons (Fsp3) is 0.500. The van der Waals surface area contributed by atoms with Crippen molar-refractivity contribution in [2.75, 3.05) is 6.61 Å². The molecule has 1 aromatic carbocycles. The largest absolute Gasteiger partial charge is 0.376 e. The number of hydrogen-bond donors (Lipinski definition) is 0. The average Bonchev–Trinajstić information content (AvgIpc) is 3.04. The molecule has 0 aliphatic carbocycles. The zero-order chi connectivity index (χ0) is 14.3. The number of fused-ring (bicyclic) bond motifs is 1. The fourth-order valence-corrected chi connectivity index (χ4v) is 3.06. The summed E-state index contributed by atoms with van der Waals surface area (Å²) < 4.78 is 34.8. The van der Waals surface area contributed by atoms with Crippen LogP contribution in [0.15, 0.2) is 12.1 Å². The third-order valence-electron chi connectivity index (χ3n) is 3.82. The van der Waals surface area contributed by atoms with Gasteiger partial charge in [0.25, 0.3) is 0 Å². The van der Waals surface area contributed by atoms with Crippen molar-refractivity contribution >= 4 is 22.6 Å². The van der Waals surface area contributed by atoms with Gasteiger partial charge in [0, 0.05) is 12.7 Å². The van der Waals surface area contributed by atoms with E-state index in [-0.39, 0.29) is 23.5 Å². The minimum absolute atomic E-state index is 0.0284. The number of hydrogen-bond acceptors (Lipinski definition) is 2. The zero-order valence-electron chi connectivity index (χ0n) is 11.1. The maximum Gasteiger partial charge on any atom is 0.153 e. The van der Waals surface area contributed by atoms with Gasteiger partial charge in [0.05, 0.1) is 23.5 Å². The molecule has 0 saturated carbocycles. The number of imidazole rings is 1. The topological polar surface area (TPSA) is 27.1 Å². The highest BCUT2D eigenvalue weighted by Crippen LogP contribution is 2.31. The quantitative estimate of drug-likeness (QED) is 0.806. The first-order valence-corrected chi connectivity index (χ1v) is 7.18. The van der Waals surface area contributed by atoms with Gasteiger partial charge in [-0.3, -0.25) is 0 Å². The smallest absolute Gasteiger partial charge is 0.153 e. The Morgan fingerprint density at radius 2 is 2.30 bits per heavy atom. The maximum absolute atomic E-state index is 13.8. The van der Waals surface area contributed by atoms with Crippen molar-refractivity contribution in [3.63, 3.8) is 0 Å². The molecule has 2 aromatic rings. The van der Waals surface area contributed by atoms with Crippen LogP contribution in [0.25, 0.3) is 11.0 Å². The molecule has 3 rings (SSSR count). The number of ether oxygens (including phenoxy) is 1. The van der Waals surface area contributed by atoms with E-state index in [1.807, 2.05) is 6.92 Å². The van der Waals surface area contributed by atoms with Crippen LogP contribution in [-0.4, -0.2) is 22.3 Å². The Morgan fingerprint density at radius 1 is 1.50 bits per heavy atom.